The van der Waals surface area contributed by atoms with Gasteiger partial charge < -0.3 is 30.9 Å². The van der Waals surface area contributed by atoms with Crippen LogP contribution in [-0.4, -0.2) is 71.6 Å². The molecule has 14 nitrogen and oxygen atoms in total. The fraction of sp³-hybridized carbons (Fsp3) is 0.333. The summed E-state index contributed by atoms with van der Waals surface area (Å²) in [6, 6.07) is 2.51. The van der Waals surface area contributed by atoms with Gasteiger partial charge in [-0.15, -0.1) is 11.8 Å². The first-order valence-electron chi connectivity index (χ1n) is 10.8. The number of pyridine rings is 1. The number of anilines is 1. The first-order valence-corrected chi connectivity index (χ1v) is 13.4. The topological polar surface area (TPSA) is 204 Å². The molecule has 2 aliphatic rings. The molecule has 2 aliphatic heterocycles. The average molecular weight is 626 g/mol. The molecule has 2 aromatic heterocycles. The Morgan fingerprint density at radius 3 is 2.79 bits per heavy atom. The van der Waals surface area contributed by atoms with Gasteiger partial charge in [0.25, 0.3) is 11.8 Å². The van der Waals surface area contributed by atoms with Crippen molar-refractivity contribution in [2.24, 2.45) is 5.16 Å². The van der Waals surface area contributed by atoms with Gasteiger partial charge in [-0.3, -0.25) is 14.5 Å². The number of nitrogens with two attached hydrogens (primary N) is 1. The fourth-order valence-electron chi connectivity index (χ4n) is 3.53. The van der Waals surface area contributed by atoms with Gasteiger partial charge in [-0.05, 0) is 35.8 Å². The zero-order valence-electron chi connectivity index (χ0n) is 19.8. The predicted molar refractivity (Wildman–Crippen MR) is 135 cm³/mol. The molecule has 0 spiro atoms. The lowest BCUT2D eigenvalue weighted by Crippen LogP contribution is -2.71. The number of nitrogen functional groups attached to an aromatic ring is 1. The third-order valence-electron chi connectivity index (χ3n) is 5.47. The van der Waals surface area contributed by atoms with Gasteiger partial charge in [0.2, 0.25) is 17.1 Å². The van der Waals surface area contributed by atoms with Crippen LogP contribution < -0.4 is 20.7 Å². The fourth-order valence-corrected chi connectivity index (χ4v) is 5.71. The number of oxime groups is 1. The number of halogens is 1. The molecule has 0 unspecified atom stereocenters. The highest BCUT2D eigenvalue weighted by Crippen LogP contribution is 2.40. The molecular weight excluding hydrogens is 606 g/mol. The molecule has 0 radical (unpaired) electrons. The minimum atomic E-state index is -1.79. The zero-order chi connectivity index (χ0) is 27.8. The van der Waals surface area contributed by atoms with Crippen LogP contribution in [-0.2, 0) is 30.6 Å². The lowest BCUT2D eigenvalue weighted by Gasteiger charge is -2.50. The van der Waals surface area contributed by atoms with E-state index in [0.717, 1.165) is 20.9 Å². The maximum atomic E-state index is 13.1. The molecule has 200 valence electrons. The van der Waals surface area contributed by atoms with E-state index in [1.165, 1.54) is 25.6 Å². The number of aliphatic carboxylic acids is 2. The number of nitrogens with one attached hydrogen (secondary N) is 1. The van der Waals surface area contributed by atoms with Crippen molar-refractivity contribution in [3.63, 3.8) is 0 Å². The van der Waals surface area contributed by atoms with Crippen LogP contribution in [0.15, 0.2) is 45.4 Å². The van der Waals surface area contributed by atoms with Gasteiger partial charge in [-0.1, -0.05) is 5.16 Å². The number of hydrogen-bond donors (Lipinski definition) is 3. The van der Waals surface area contributed by atoms with E-state index in [9.17, 15) is 29.4 Å². The number of hydrogen-bond acceptors (Lipinski definition) is 12. The molecule has 4 rings (SSSR count). The van der Waals surface area contributed by atoms with Crippen molar-refractivity contribution < 1.29 is 38.8 Å². The number of carboxylic acid groups (broad SMARTS) is 2. The van der Waals surface area contributed by atoms with E-state index in [4.69, 9.17) is 10.6 Å². The lowest BCUT2D eigenvalue weighted by molar-refractivity contribution is -0.689. The van der Waals surface area contributed by atoms with Crippen LogP contribution in [0.2, 0.25) is 0 Å². The summed E-state index contributed by atoms with van der Waals surface area (Å²) in [5, 5.41) is 26.7. The number of carbonyl (C=O) groups is 4. The highest BCUT2D eigenvalue weighted by Gasteiger charge is 2.53. The lowest BCUT2D eigenvalue weighted by atomic mass is 10.0. The Morgan fingerprint density at radius 1 is 1.45 bits per heavy atom. The summed E-state index contributed by atoms with van der Waals surface area (Å²) in [6.07, 6.45) is 3.53. The molecule has 1 fully saturated rings. The Morgan fingerprint density at radius 2 is 2.18 bits per heavy atom. The van der Waals surface area contributed by atoms with Crippen molar-refractivity contribution in [3.8, 4) is 0 Å². The molecule has 0 aliphatic carbocycles. The Kier molecular flexibility index (Phi) is 7.70. The summed E-state index contributed by atoms with van der Waals surface area (Å²) in [6.45, 7) is 2.66. The van der Waals surface area contributed by atoms with Crippen molar-refractivity contribution in [2.75, 3.05) is 11.5 Å². The Hall–Kier alpha value is -3.57. The zero-order valence-corrected chi connectivity index (χ0v) is 23.0. The summed E-state index contributed by atoms with van der Waals surface area (Å²) in [7, 11) is 0. The second kappa shape index (κ2) is 10.7. The van der Waals surface area contributed by atoms with Crippen LogP contribution >= 0.6 is 39.2 Å². The van der Waals surface area contributed by atoms with Crippen molar-refractivity contribution in [3.05, 3.63) is 46.1 Å². The van der Waals surface area contributed by atoms with Crippen LogP contribution in [0.3, 0.4) is 0 Å². The molecule has 17 heteroatoms. The SMILES string of the molecule is CC(C)(O/N=C(\C(=O)N[C@@H]1C(=O)N2C(C(=O)[O-])=C(C[n+]3cccc(Br)c3)CS[C@H]12)c1nsc(N)n1)C(=O)O. The number of nitrogens with zero attached hydrogens (tertiary/aromatic N) is 5. The largest absolute Gasteiger partial charge is 0.543 e. The summed E-state index contributed by atoms with van der Waals surface area (Å²) in [5.41, 5.74) is 3.55. The maximum absolute atomic E-state index is 13.1. The molecule has 0 bridgehead atoms. The normalized spacial score (nSPS) is 19.5. The van der Waals surface area contributed by atoms with E-state index in [1.807, 2.05) is 6.07 Å². The predicted octanol–water partition coefficient (Wildman–Crippen LogP) is -1.14. The number of thioether (sulfide) groups is 1. The Labute approximate surface area is 231 Å². The van der Waals surface area contributed by atoms with Crippen LogP contribution in [0, 0.1) is 0 Å². The van der Waals surface area contributed by atoms with Gasteiger partial charge in [0.1, 0.15) is 11.4 Å². The van der Waals surface area contributed by atoms with Crippen molar-refractivity contribution >= 4 is 73.8 Å². The molecular formula is C21H20BrN7O7S2. The van der Waals surface area contributed by atoms with Crippen LogP contribution in [0.25, 0.3) is 0 Å². The summed E-state index contributed by atoms with van der Waals surface area (Å²) >= 11 is 5.41. The number of β-lactam (4-membered cyclic amide) rings is 1. The molecule has 0 aromatic carbocycles. The van der Waals surface area contributed by atoms with E-state index >= 15 is 0 Å². The van der Waals surface area contributed by atoms with Gasteiger partial charge >= 0.3 is 5.97 Å². The molecule has 2 amide bonds. The number of amides is 2. The molecule has 4 N–H and O–H groups in total. The molecule has 1 saturated heterocycles. The molecule has 4 heterocycles. The van der Waals surface area contributed by atoms with E-state index in [2.05, 4.69) is 35.8 Å². The van der Waals surface area contributed by atoms with Gasteiger partial charge in [0.05, 0.1) is 16.1 Å². The molecule has 2 atom stereocenters. The highest BCUT2D eigenvalue weighted by molar-refractivity contribution is 9.10. The maximum Gasteiger partial charge on any atom is 0.350 e. The smallest absolute Gasteiger partial charge is 0.350 e. The van der Waals surface area contributed by atoms with Crippen LogP contribution in [0.5, 0.6) is 0 Å². The minimum absolute atomic E-state index is 0.0197. The third-order valence-corrected chi connectivity index (χ3v) is 7.82. The number of fused-ring (bicyclic) bond motifs is 1. The monoisotopic (exact) mass is 625 g/mol. The number of carboxylic acids is 2. The number of rotatable bonds is 9. The van der Waals surface area contributed by atoms with Gasteiger partial charge in [0.15, 0.2) is 24.1 Å². The second-order valence-corrected chi connectivity index (χ2v) is 11.4. The van der Waals surface area contributed by atoms with Gasteiger partial charge in [0, 0.05) is 28.9 Å². The number of aromatic nitrogens is 3. The summed E-state index contributed by atoms with van der Waals surface area (Å²) in [5.74, 6) is -4.40. The molecule has 38 heavy (non-hydrogen) atoms. The number of carbonyl (C=O) groups excluding carboxylic acids is 3. The highest BCUT2D eigenvalue weighted by atomic mass is 79.9. The van der Waals surface area contributed by atoms with Crippen LogP contribution in [0.4, 0.5) is 5.13 Å². The first-order chi connectivity index (χ1) is 17.9. The Balaban J connectivity index is 1.55. The first kappa shape index (κ1) is 27.5. The summed E-state index contributed by atoms with van der Waals surface area (Å²) in [4.78, 5) is 59.5. The molecule has 0 saturated carbocycles. The van der Waals surface area contributed by atoms with Gasteiger partial charge in [-0.2, -0.15) is 13.9 Å². The Bertz CT molecular complexity index is 1390. The second-order valence-electron chi connectivity index (χ2n) is 8.60. The van der Waals surface area contributed by atoms with Gasteiger partial charge in [-0.25, -0.2) is 4.79 Å². The van der Waals surface area contributed by atoms with E-state index in [0.29, 0.717) is 5.57 Å². The van der Waals surface area contributed by atoms with Crippen molar-refractivity contribution in [1.29, 1.82) is 0 Å². The molecule has 2 aromatic rings. The van der Waals surface area contributed by atoms with E-state index in [-0.39, 0.29) is 29.0 Å². The van der Waals surface area contributed by atoms with Crippen LogP contribution in [0.1, 0.15) is 19.7 Å². The summed E-state index contributed by atoms with van der Waals surface area (Å²) < 4.78 is 6.47. The standard InChI is InChI=1S/C21H20BrN7O7S2/c1-21(2,19(34)35)36-26-11(14-25-20(23)38-27-14)15(30)24-12-16(31)29-13(18(32)33)9(8-37-17(12)29)6-28-5-3-4-10(22)7-28/h3-5,7,12,17H,6,8H2,1-2H3,(H4-,23,24,25,27,30,32,33,34,35)/b26-11-/t12-,17-/m1/s1. The quantitative estimate of drug-likeness (QED) is 0.131. The van der Waals surface area contributed by atoms with E-state index in [1.54, 1.807) is 23.0 Å². The van der Waals surface area contributed by atoms with Crippen molar-refractivity contribution in [2.45, 2.75) is 37.4 Å². The van der Waals surface area contributed by atoms with Crippen molar-refractivity contribution in [1.82, 2.24) is 19.6 Å². The minimum Gasteiger partial charge on any atom is -0.543 e. The van der Waals surface area contributed by atoms with E-state index < -0.39 is 46.5 Å². The average Bonchev–Trinajstić information content (AvgIpc) is 3.27. The third kappa shape index (κ3) is 5.48.